The summed E-state index contributed by atoms with van der Waals surface area (Å²) in [5, 5.41) is 0. The maximum atomic E-state index is 3.97. The lowest BCUT2D eigenvalue weighted by Crippen LogP contribution is -2.13. The van der Waals surface area contributed by atoms with Gasteiger partial charge < -0.3 is 0 Å². The van der Waals surface area contributed by atoms with Crippen molar-refractivity contribution in [3.63, 3.8) is 0 Å². The normalized spacial score (nSPS) is 20.0. The Bertz CT molecular complexity index is 558. The van der Waals surface area contributed by atoms with Crippen LogP contribution < -0.4 is 0 Å². The second-order valence-electron chi connectivity index (χ2n) is 5.26. The number of hydrogen-bond acceptors (Lipinski definition) is 1. The van der Waals surface area contributed by atoms with Gasteiger partial charge in [-0.25, -0.2) is 0 Å². The fourth-order valence-electron chi connectivity index (χ4n) is 3.03. The zero-order valence-electron chi connectivity index (χ0n) is 11.2. The van der Waals surface area contributed by atoms with Crippen LogP contribution in [-0.4, -0.2) is 0 Å². The van der Waals surface area contributed by atoms with Gasteiger partial charge in [-0.1, -0.05) is 47.1 Å². The van der Waals surface area contributed by atoms with E-state index in [9.17, 15) is 0 Å². The predicted molar refractivity (Wildman–Crippen MR) is 87.5 cm³/mol. The first kappa shape index (κ1) is 13.4. The molecule has 2 aromatic rings. The van der Waals surface area contributed by atoms with Gasteiger partial charge in [-0.05, 0) is 48.9 Å². The van der Waals surface area contributed by atoms with Crippen LogP contribution in [0.1, 0.15) is 51.4 Å². The summed E-state index contributed by atoms with van der Waals surface area (Å²) >= 11 is 5.93. The summed E-state index contributed by atoms with van der Waals surface area (Å²) in [6, 6.07) is 13.6. The minimum Gasteiger partial charge on any atom is -0.144 e. The van der Waals surface area contributed by atoms with Crippen LogP contribution in [0.25, 0.3) is 0 Å². The Morgan fingerprint density at radius 2 is 2.11 bits per heavy atom. The highest BCUT2D eigenvalue weighted by molar-refractivity contribution is 9.09. The van der Waals surface area contributed by atoms with Gasteiger partial charge in [0.05, 0.1) is 4.83 Å². The molecule has 0 aliphatic heterocycles. The molecule has 0 spiro atoms. The number of halogens is 1. The SMILES string of the molecule is CCc1ccc(C(Br)C2CCCc3ccccc32)s1. The van der Waals surface area contributed by atoms with E-state index in [1.807, 2.05) is 11.3 Å². The van der Waals surface area contributed by atoms with Crippen molar-refractivity contribution in [1.29, 1.82) is 0 Å². The Hall–Kier alpha value is -0.600. The second kappa shape index (κ2) is 5.80. The second-order valence-corrected chi connectivity index (χ2v) is 7.44. The van der Waals surface area contributed by atoms with Gasteiger partial charge in [0.15, 0.2) is 0 Å². The first-order chi connectivity index (χ1) is 9.29. The van der Waals surface area contributed by atoms with Gasteiger partial charge in [0.1, 0.15) is 0 Å². The van der Waals surface area contributed by atoms with Crippen LogP contribution in [0.5, 0.6) is 0 Å². The van der Waals surface area contributed by atoms with Crippen LogP contribution in [0.2, 0.25) is 0 Å². The van der Waals surface area contributed by atoms with E-state index in [0.29, 0.717) is 10.7 Å². The summed E-state index contributed by atoms with van der Waals surface area (Å²) in [6.45, 7) is 2.23. The van der Waals surface area contributed by atoms with Gasteiger partial charge in [0.2, 0.25) is 0 Å². The molecule has 0 N–H and O–H groups in total. The molecule has 0 saturated carbocycles. The van der Waals surface area contributed by atoms with Crippen molar-refractivity contribution in [3.05, 3.63) is 57.3 Å². The van der Waals surface area contributed by atoms with E-state index in [4.69, 9.17) is 0 Å². The lowest BCUT2D eigenvalue weighted by atomic mass is 9.81. The first-order valence-corrected chi connectivity index (χ1v) is 8.83. The molecular weight excluding hydrogens is 316 g/mol. The number of alkyl halides is 1. The van der Waals surface area contributed by atoms with Crippen LogP contribution in [0.4, 0.5) is 0 Å². The van der Waals surface area contributed by atoms with Crippen LogP contribution in [0.3, 0.4) is 0 Å². The van der Waals surface area contributed by atoms with Crippen molar-refractivity contribution in [1.82, 2.24) is 0 Å². The third-order valence-corrected chi connectivity index (χ3v) is 6.82. The Kier molecular flexibility index (Phi) is 4.09. The van der Waals surface area contributed by atoms with E-state index >= 15 is 0 Å². The molecule has 0 amide bonds. The van der Waals surface area contributed by atoms with E-state index in [2.05, 4.69) is 59.3 Å². The third kappa shape index (κ3) is 2.66. The molecule has 3 rings (SSSR count). The zero-order chi connectivity index (χ0) is 13.2. The van der Waals surface area contributed by atoms with Crippen molar-refractivity contribution < 1.29 is 0 Å². The zero-order valence-corrected chi connectivity index (χ0v) is 13.6. The Morgan fingerprint density at radius 1 is 1.26 bits per heavy atom. The minimum absolute atomic E-state index is 0.472. The van der Waals surface area contributed by atoms with Crippen molar-refractivity contribution >= 4 is 27.3 Å². The molecule has 1 aromatic carbocycles. The topological polar surface area (TPSA) is 0 Å². The Balaban J connectivity index is 1.90. The number of fused-ring (bicyclic) bond motifs is 1. The lowest BCUT2D eigenvalue weighted by molar-refractivity contribution is 0.550. The van der Waals surface area contributed by atoms with Crippen LogP contribution in [-0.2, 0) is 12.8 Å². The quantitative estimate of drug-likeness (QED) is 0.616. The van der Waals surface area contributed by atoms with Gasteiger partial charge >= 0.3 is 0 Å². The molecule has 2 unspecified atom stereocenters. The maximum Gasteiger partial charge on any atom is 0.0557 e. The maximum absolute atomic E-state index is 3.97. The fraction of sp³-hybridized carbons (Fsp3) is 0.412. The van der Waals surface area contributed by atoms with Crippen molar-refractivity contribution in [3.8, 4) is 0 Å². The van der Waals surface area contributed by atoms with E-state index in [-0.39, 0.29) is 0 Å². The highest BCUT2D eigenvalue weighted by Gasteiger charge is 2.27. The molecule has 1 aliphatic carbocycles. The average Bonchev–Trinajstić information content (AvgIpc) is 2.95. The first-order valence-electron chi connectivity index (χ1n) is 7.10. The van der Waals surface area contributed by atoms with E-state index in [1.54, 1.807) is 11.1 Å². The number of thiophene rings is 1. The molecule has 0 fully saturated rings. The van der Waals surface area contributed by atoms with Gasteiger partial charge in [-0.3, -0.25) is 0 Å². The van der Waals surface area contributed by atoms with Crippen LogP contribution >= 0.6 is 27.3 Å². The highest BCUT2D eigenvalue weighted by atomic mass is 79.9. The summed E-state index contributed by atoms with van der Waals surface area (Å²) < 4.78 is 0. The van der Waals surface area contributed by atoms with Crippen LogP contribution in [0, 0.1) is 0 Å². The smallest absolute Gasteiger partial charge is 0.0557 e. The average molecular weight is 335 g/mol. The minimum atomic E-state index is 0.472. The molecule has 0 bridgehead atoms. The van der Waals surface area contributed by atoms with E-state index in [1.165, 1.54) is 29.0 Å². The van der Waals surface area contributed by atoms with Gasteiger partial charge in [-0.2, -0.15) is 0 Å². The monoisotopic (exact) mass is 334 g/mol. The summed E-state index contributed by atoms with van der Waals surface area (Å²) in [4.78, 5) is 3.45. The largest absolute Gasteiger partial charge is 0.144 e. The number of aryl methyl sites for hydroxylation is 2. The number of hydrogen-bond donors (Lipinski definition) is 0. The summed E-state index contributed by atoms with van der Waals surface area (Å²) in [6.07, 6.45) is 5.00. The lowest BCUT2D eigenvalue weighted by Gasteiger charge is -2.28. The molecular formula is C17H19BrS. The van der Waals surface area contributed by atoms with Gasteiger partial charge in [-0.15, -0.1) is 11.3 Å². The predicted octanol–water partition coefficient (Wildman–Crippen LogP) is 5.87. The summed E-state index contributed by atoms with van der Waals surface area (Å²) in [5.74, 6) is 0.633. The third-order valence-electron chi connectivity index (χ3n) is 4.07. The summed E-state index contributed by atoms with van der Waals surface area (Å²) in [5.41, 5.74) is 3.11. The van der Waals surface area contributed by atoms with Gasteiger partial charge in [0, 0.05) is 15.7 Å². The molecule has 2 atom stereocenters. The fourth-order valence-corrected chi connectivity index (χ4v) is 5.00. The van der Waals surface area contributed by atoms with E-state index < -0.39 is 0 Å². The van der Waals surface area contributed by atoms with Crippen molar-refractivity contribution in [2.45, 2.75) is 43.4 Å². The molecule has 100 valence electrons. The molecule has 0 radical (unpaired) electrons. The number of benzene rings is 1. The Labute approximate surface area is 128 Å². The number of rotatable bonds is 3. The van der Waals surface area contributed by atoms with E-state index in [0.717, 1.165) is 6.42 Å². The molecule has 0 saturated heterocycles. The molecule has 19 heavy (non-hydrogen) atoms. The van der Waals surface area contributed by atoms with Crippen molar-refractivity contribution in [2.24, 2.45) is 0 Å². The van der Waals surface area contributed by atoms with Gasteiger partial charge in [0.25, 0.3) is 0 Å². The van der Waals surface area contributed by atoms with Crippen LogP contribution in [0.15, 0.2) is 36.4 Å². The molecule has 0 nitrogen and oxygen atoms in total. The molecule has 1 aromatic heterocycles. The molecule has 2 heteroatoms. The Morgan fingerprint density at radius 3 is 2.89 bits per heavy atom. The molecule has 1 aliphatic rings. The summed E-state index contributed by atoms with van der Waals surface area (Å²) in [7, 11) is 0. The standard InChI is InChI=1S/C17H19BrS/c1-2-13-10-11-16(19-13)17(18)15-9-5-7-12-6-3-4-8-14(12)15/h3-4,6,8,10-11,15,17H,2,5,7,9H2,1H3. The molecule has 1 heterocycles. The highest BCUT2D eigenvalue weighted by Crippen LogP contribution is 2.46. The van der Waals surface area contributed by atoms with Crippen molar-refractivity contribution in [2.75, 3.05) is 0 Å².